The van der Waals surface area contributed by atoms with E-state index in [1.54, 1.807) is 36.4 Å². The quantitative estimate of drug-likeness (QED) is 0.345. The van der Waals surface area contributed by atoms with E-state index in [1.165, 1.54) is 30.3 Å². The van der Waals surface area contributed by atoms with E-state index >= 15 is 0 Å². The van der Waals surface area contributed by atoms with E-state index in [0.717, 1.165) is 4.47 Å². The van der Waals surface area contributed by atoms with Crippen LogP contribution in [0.5, 0.6) is 5.75 Å². The van der Waals surface area contributed by atoms with Gasteiger partial charge in [-0.05, 0) is 54.6 Å². The Morgan fingerprint density at radius 2 is 1.52 bits per heavy atom. The first-order valence-corrected chi connectivity index (χ1v) is 10.2. The molecule has 0 aromatic heterocycles. The Hall–Kier alpha value is -2.77. The van der Waals surface area contributed by atoms with Crippen molar-refractivity contribution in [2.75, 3.05) is 0 Å². The van der Waals surface area contributed by atoms with Gasteiger partial charge in [-0.1, -0.05) is 28.1 Å². The first-order valence-electron chi connectivity index (χ1n) is 7.88. The van der Waals surface area contributed by atoms with Crippen molar-refractivity contribution in [3.8, 4) is 5.75 Å². The van der Waals surface area contributed by atoms with Gasteiger partial charge in [-0.2, -0.15) is 0 Å². The molecule has 0 bridgehead atoms. The zero-order chi connectivity index (χ0) is 19.2. The molecule has 0 N–H and O–H groups in total. The Morgan fingerprint density at radius 3 is 2.26 bits per heavy atom. The van der Waals surface area contributed by atoms with Crippen molar-refractivity contribution in [3.63, 3.8) is 0 Å². The lowest BCUT2D eigenvalue weighted by Gasteiger charge is -2.19. The van der Waals surface area contributed by atoms with Gasteiger partial charge >= 0.3 is 5.97 Å². The fourth-order valence-electron chi connectivity index (χ4n) is 2.88. The molecule has 0 spiro atoms. The number of rotatable bonds is 2. The minimum Gasteiger partial charge on any atom is -0.423 e. The second kappa shape index (κ2) is 6.44. The maximum Gasteiger partial charge on any atom is 0.343 e. The molecule has 27 heavy (non-hydrogen) atoms. The van der Waals surface area contributed by atoms with Crippen LogP contribution in [0.25, 0.3) is 0 Å². The molecule has 0 unspecified atom stereocenters. The van der Waals surface area contributed by atoms with Crippen LogP contribution in [0.2, 0.25) is 0 Å². The summed E-state index contributed by atoms with van der Waals surface area (Å²) >= 11 is 3.29. The van der Waals surface area contributed by atoms with E-state index in [1.807, 2.05) is 0 Å². The standard InChI is InChI=1S/C20H11BrO5S/c21-13-6-8-14(9-7-13)26-20(23)12-5-10-16-18(11-12)27(24,25)17-4-2-1-3-15(17)19(16)22/h1-11H. The van der Waals surface area contributed by atoms with Gasteiger partial charge in [-0.25, -0.2) is 13.2 Å². The summed E-state index contributed by atoms with van der Waals surface area (Å²) in [7, 11) is -3.90. The predicted octanol–water partition coefficient (Wildman–Crippen LogP) is 4.05. The molecule has 4 rings (SSSR count). The third kappa shape index (κ3) is 2.98. The Bertz CT molecular complexity index is 1200. The lowest BCUT2D eigenvalue weighted by atomic mass is 10.0. The van der Waals surface area contributed by atoms with Crippen molar-refractivity contribution in [2.24, 2.45) is 0 Å². The van der Waals surface area contributed by atoms with Gasteiger partial charge < -0.3 is 4.74 Å². The third-order valence-corrected chi connectivity index (χ3v) is 6.58. The van der Waals surface area contributed by atoms with Gasteiger partial charge in [0.25, 0.3) is 0 Å². The molecule has 0 saturated carbocycles. The minimum atomic E-state index is -3.90. The van der Waals surface area contributed by atoms with Crippen molar-refractivity contribution >= 4 is 37.5 Å². The molecule has 0 radical (unpaired) electrons. The average Bonchev–Trinajstić information content (AvgIpc) is 2.68. The van der Waals surface area contributed by atoms with E-state index in [9.17, 15) is 18.0 Å². The number of ketones is 1. The zero-order valence-corrected chi connectivity index (χ0v) is 16.1. The van der Waals surface area contributed by atoms with Crippen LogP contribution in [0, 0.1) is 0 Å². The van der Waals surface area contributed by atoms with Gasteiger partial charge in [-0.15, -0.1) is 0 Å². The summed E-state index contributed by atoms with van der Waals surface area (Å²) in [5.74, 6) is -0.768. The van der Waals surface area contributed by atoms with Crippen molar-refractivity contribution in [3.05, 3.63) is 87.9 Å². The van der Waals surface area contributed by atoms with Crippen LogP contribution in [0.3, 0.4) is 0 Å². The van der Waals surface area contributed by atoms with E-state index in [-0.39, 0.29) is 32.3 Å². The molecular weight excluding hydrogens is 432 g/mol. The highest BCUT2D eigenvalue weighted by atomic mass is 79.9. The molecule has 1 aliphatic rings. The van der Waals surface area contributed by atoms with Crippen molar-refractivity contribution in [2.45, 2.75) is 9.79 Å². The molecule has 0 saturated heterocycles. The van der Waals surface area contributed by atoms with Crippen LogP contribution < -0.4 is 4.74 Å². The molecule has 1 heterocycles. The van der Waals surface area contributed by atoms with Crippen LogP contribution in [0.1, 0.15) is 26.3 Å². The summed E-state index contributed by atoms with van der Waals surface area (Å²) < 4.78 is 31.9. The monoisotopic (exact) mass is 442 g/mol. The molecule has 1 aliphatic heterocycles. The van der Waals surface area contributed by atoms with Crippen molar-refractivity contribution < 1.29 is 22.7 Å². The predicted molar refractivity (Wildman–Crippen MR) is 101 cm³/mol. The van der Waals surface area contributed by atoms with E-state index < -0.39 is 15.8 Å². The van der Waals surface area contributed by atoms with Gasteiger partial charge in [0.15, 0.2) is 5.78 Å². The molecule has 3 aromatic carbocycles. The fourth-order valence-corrected chi connectivity index (χ4v) is 4.82. The minimum absolute atomic E-state index is 0.0485. The van der Waals surface area contributed by atoms with Gasteiger partial charge in [0, 0.05) is 15.6 Å². The number of fused-ring (bicyclic) bond motifs is 2. The molecule has 0 atom stereocenters. The van der Waals surface area contributed by atoms with Crippen molar-refractivity contribution in [1.29, 1.82) is 0 Å². The normalized spacial score (nSPS) is 14.2. The molecule has 7 heteroatoms. The number of ether oxygens (including phenoxy) is 1. The SMILES string of the molecule is O=C(Oc1ccc(Br)cc1)c1ccc2c(c1)S(=O)(=O)c1ccccc1C2=O. The van der Waals surface area contributed by atoms with Gasteiger partial charge in [-0.3, -0.25) is 4.79 Å². The molecular formula is C20H11BrO5S. The number of hydrogen-bond acceptors (Lipinski definition) is 5. The molecule has 0 fully saturated rings. The second-order valence-electron chi connectivity index (χ2n) is 5.88. The van der Waals surface area contributed by atoms with E-state index in [2.05, 4.69) is 15.9 Å². The number of esters is 1. The highest BCUT2D eigenvalue weighted by Gasteiger charge is 2.35. The Labute approximate surface area is 163 Å². The lowest BCUT2D eigenvalue weighted by Crippen LogP contribution is -2.21. The maximum atomic E-state index is 12.9. The second-order valence-corrected chi connectivity index (χ2v) is 8.69. The maximum absolute atomic E-state index is 12.9. The van der Waals surface area contributed by atoms with Gasteiger partial charge in [0.1, 0.15) is 5.75 Å². The van der Waals surface area contributed by atoms with Crippen LogP contribution in [-0.2, 0) is 9.84 Å². The Kier molecular flexibility index (Phi) is 4.20. The fraction of sp³-hybridized carbons (Fsp3) is 0. The molecule has 3 aromatic rings. The molecule has 0 aliphatic carbocycles. The summed E-state index contributed by atoms with van der Waals surface area (Å²) in [6, 6.07) is 16.6. The topological polar surface area (TPSA) is 77.5 Å². The zero-order valence-electron chi connectivity index (χ0n) is 13.7. The number of sulfone groups is 1. The molecule has 134 valence electrons. The van der Waals surface area contributed by atoms with Crippen LogP contribution in [-0.4, -0.2) is 20.2 Å². The molecule has 0 amide bonds. The summed E-state index contributed by atoms with van der Waals surface area (Å²) in [6.45, 7) is 0. The third-order valence-electron chi connectivity index (χ3n) is 4.20. The summed E-state index contributed by atoms with van der Waals surface area (Å²) in [6.07, 6.45) is 0. The Morgan fingerprint density at radius 1 is 0.852 bits per heavy atom. The summed E-state index contributed by atoms with van der Waals surface area (Å²) in [5.41, 5.74) is 0.233. The number of hydrogen-bond donors (Lipinski definition) is 0. The number of carbonyl (C=O) groups excluding carboxylic acids is 2. The smallest absolute Gasteiger partial charge is 0.343 e. The van der Waals surface area contributed by atoms with Gasteiger partial charge in [0.2, 0.25) is 9.84 Å². The first-order chi connectivity index (χ1) is 12.9. The van der Waals surface area contributed by atoms with Crippen LogP contribution in [0.4, 0.5) is 0 Å². The number of carbonyl (C=O) groups is 2. The average molecular weight is 443 g/mol. The highest BCUT2D eigenvalue weighted by Crippen LogP contribution is 2.35. The Balaban J connectivity index is 1.75. The van der Waals surface area contributed by atoms with E-state index in [0.29, 0.717) is 5.75 Å². The largest absolute Gasteiger partial charge is 0.423 e. The lowest BCUT2D eigenvalue weighted by molar-refractivity contribution is 0.0734. The summed E-state index contributed by atoms with van der Waals surface area (Å²) in [4.78, 5) is 24.8. The number of halogens is 1. The van der Waals surface area contributed by atoms with Crippen molar-refractivity contribution in [1.82, 2.24) is 0 Å². The van der Waals surface area contributed by atoms with E-state index in [4.69, 9.17) is 4.74 Å². The summed E-state index contributed by atoms with van der Waals surface area (Å²) in [5, 5.41) is 0. The first kappa shape index (κ1) is 17.6. The van der Waals surface area contributed by atoms with Crippen LogP contribution in [0.15, 0.2) is 81.0 Å². The molecule has 5 nitrogen and oxygen atoms in total. The highest BCUT2D eigenvalue weighted by molar-refractivity contribution is 9.10. The number of benzene rings is 3. The van der Waals surface area contributed by atoms with Crippen LogP contribution >= 0.6 is 15.9 Å². The van der Waals surface area contributed by atoms with Gasteiger partial charge in [0.05, 0.1) is 15.4 Å².